The van der Waals surface area contributed by atoms with Crippen LogP contribution in [0.3, 0.4) is 0 Å². The van der Waals surface area contributed by atoms with Gasteiger partial charge in [0.1, 0.15) is 5.56 Å². The van der Waals surface area contributed by atoms with Gasteiger partial charge in [0.25, 0.3) is 11.6 Å². The molecule has 2 aromatic rings. The summed E-state index contributed by atoms with van der Waals surface area (Å²) in [6.45, 7) is 1.93. The van der Waals surface area contributed by atoms with Crippen molar-refractivity contribution < 1.29 is 9.72 Å². The molecule has 3 rings (SSSR count). The van der Waals surface area contributed by atoms with E-state index in [2.05, 4.69) is 0 Å². The van der Waals surface area contributed by atoms with E-state index in [4.69, 9.17) is 11.6 Å². The first-order valence-corrected chi connectivity index (χ1v) is 7.22. The summed E-state index contributed by atoms with van der Waals surface area (Å²) in [6, 6.07) is 11.7. The van der Waals surface area contributed by atoms with Crippen LogP contribution in [0.15, 0.2) is 42.5 Å². The van der Waals surface area contributed by atoms with Crippen LogP contribution in [0.2, 0.25) is 5.02 Å². The number of nitrogens with zero attached hydrogens (tertiary/aromatic N) is 2. The smallest absolute Gasteiger partial charge is 0.283 e. The van der Waals surface area contributed by atoms with Crippen LogP contribution in [0.25, 0.3) is 0 Å². The molecule has 1 amide bonds. The molecule has 1 heterocycles. The fourth-order valence-electron chi connectivity index (χ4n) is 2.84. The second-order valence-electron chi connectivity index (χ2n) is 5.28. The van der Waals surface area contributed by atoms with Crippen molar-refractivity contribution in [2.75, 3.05) is 4.90 Å². The Morgan fingerprint density at radius 2 is 2.05 bits per heavy atom. The number of carbonyl (C=O) groups is 1. The Kier molecular flexibility index (Phi) is 3.58. The third-order valence-corrected chi connectivity index (χ3v) is 4.05. The van der Waals surface area contributed by atoms with Gasteiger partial charge < -0.3 is 4.90 Å². The summed E-state index contributed by atoms with van der Waals surface area (Å²) in [7, 11) is 0. The van der Waals surface area contributed by atoms with Crippen molar-refractivity contribution in [1.82, 2.24) is 0 Å². The van der Waals surface area contributed by atoms with Crippen LogP contribution in [0.5, 0.6) is 0 Å². The van der Waals surface area contributed by atoms with E-state index in [1.165, 1.54) is 18.2 Å². The minimum absolute atomic E-state index is 0.0415. The molecule has 0 aromatic heterocycles. The topological polar surface area (TPSA) is 63.5 Å². The van der Waals surface area contributed by atoms with Gasteiger partial charge in [-0.2, -0.15) is 0 Å². The lowest BCUT2D eigenvalue weighted by molar-refractivity contribution is -0.385. The van der Waals surface area contributed by atoms with E-state index in [0.717, 1.165) is 17.7 Å². The molecule has 0 N–H and O–H groups in total. The van der Waals surface area contributed by atoms with Crippen molar-refractivity contribution in [3.8, 4) is 0 Å². The minimum Gasteiger partial charge on any atom is -0.305 e. The van der Waals surface area contributed by atoms with Gasteiger partial charge in [-0.05, 0) is 37.1 Å². The molecule has 2 aromatic carbocycles. The van der Waals surface area contributed by atoms with Gasteiger partial charge in [0.05, 0.1) is 4.92 Å². The predicted octanol–water partition coefficient (Wildman–Crippen LogP) is 3.84. The maximum atomic E-state index is 12.8. The normalized spacial score (nSPS) is 16.5. The van der Waals surface area contributed by atoms with Crippen molar-refractivity contribution in [3.63, 3.8) is 0 Å². The number of halogens is 1. The number of rotatable bonds is 2. The molecular formula is C16H13ClN2O3. The van der Waals surface area contributed by atoms with E-state index in [1.54, 1.807) is 4.90 Å². The zero-order valence-electron chi connectivity index (χ0n) is 11.8. The highest BCUT2D eigenvalue weighted by molar-refractivity contribution is 6.31. The molecule has 0 fully saturated rings. The lowest BCUT2D eigenvalue weighted by Crippen LogP contribution is -2.36. The molecule has 0 saturated carbocycles. The minimum atomic E-state index is -0.578. The van der Waals surface area contributed by atoms with Gasteiger partial charge >= 0.3 is 0 Å². The van der Waals surface area contributed by atoms with Crippen LogP contribution in [0, 0.1) is 10.1 Å². The Balaban J connectivity index is 2.07. The summed E-state index contributed by atoms with van der Waals surface area (Å²) in [5.74, 6) is -0.374. The van der Waals surface area contributed by atoms with Gasteiger partial charge in [0, 0.05) is 22.8 Å². The molecule has 0 bridgehead atoms. The molecule has 0 aliphatic carbocycles. The van der Waals surface area contributed by atoms with Crippen molar-refractivity contribution in [2.45, 2.75) is 19.4 Å². The quantitative estimate of drug-likeness (QED) is 0.624. The second-order valence-corrected chi connectivity index (χ2v) is 5.71. The van der Waals surface area contributed by atoms with E-state index < -0.39 is 4.92 Å². The molecule has 1 aliphatic rings. The van der Waals surface area contributed by atoms with E-state index in [1.807, 2.05) is 31.2 Å². The number of fused-ring (bicyclic) bond motifs is 1. The van der Waals surface area contributed by atoms with Crippen LogP contribution in [-0.2, 0) is 6.42 Å². The Morgan fingerprint density at radius 3 is 2.77 bits per heavy atom. The molecule has 22 heavy (non-hydrogen) atoms. The molecular weight excluding hydrogens is 304 g/mol. The van der Waals surface area contributed by atoms with Crippen LogP contribution < -0.4 is 4.90 Å². The largest absolute Gasteiger partial charge is 0.305 e. The standard InChI is InChI=1S/C16H13ClN2O3/c1-10-8-11-4-2-3-5-14(11)18(10)16(20)13-7-6-12(17)9-15(13)19(21)22/h2-7,9-10H,8H2,1H3/t10-/m1/s1. The van der Waals surface area contributed by atoms with E-state index in [9.17, 15) is 14.9 Å². The van der Waals surface area contributed by atoms with Crippen LogP contribution in [0.1, 0.15) is 22.8 Å². The fourth-order valence-corrected chi connectivity index (χ4v) is 3.01. The first-order chi connectivity index (χ1) is 10.5. The van der Waals surface area contributed by atoms with Crippen LogP contribution in [0.4, 0.5) is 11.4 Å². The monoisotopic (exact) mass is 316 g/mol. The van der Waals surface area contributed by atoms with Gasteiger partial charge in [0.2, 0.25) is 0 Å². The van der Waals surface area contributed by atoms with E-state index >= 15 is 0 Å². The van der Waals surface area contributed by atoms with E-state index in [-0.39, 0.29) is 28.2 Å². The van der Waals surface area contributed by atoms with Crippen molar-refractivity contribution >= 4 is 28.9 Å². The van der Waals surface area contributed by atoms with Gasteiger partial charge in [-0.15, -0.1) is 0 Å². The average molecular weight is 317 g/mol. The maximum absolute atomic E-state index is 12.8. The number of nitro benzene ring substituents is 1. The number of anilines is 1. The fraction of sp³-hybridized carbons (Fsp3) is 0.188. The molecule has 0 radical (unpaired) electrons. The Morgan fingerprint density at radius 1 is 1.32 bits per heavy atom. The number of amides is 1. The second kappa shape index (κ2) is 5.42. The zero-order chi connectivity index (χ0) is 15.9. The van der Waals surface area contributed by atoms with Crippen LogP contribution >= 0.6 is 11.6 Å². The van der Waals surface area contributed by atoms with Gasteiger partial charge in [-0.25, -0.2) is 0 Å². The first-order valence-electron chi connectivity index (χ1n) is 6.84. The summed E-state index contributed by atoms with van der Waals surface area (Å²) in [5, 5.41) is 11.4. The highest BCUT2D eigenvalue weighted by Gasteiger charge is 2.34. The number of carbonyl (C=O) groups excluding carboxylic acids is 1. The van der Waals surface area contributed by atoms with Crippen molar-refractivity contribution in [2.24, 2.45) is 0 Å². The van der Waals surface area contributed by atoms with Gasteiger partial charge in [-0.3, -0.25) is 14.9 Å². The van der Waals surface area contributed by atoms with E-state index in [0.29, 0.717) is 0 Å². The Labute approximate surface area is 132 Å². The molecule has 5 nitrogen and oxygen atoms in total. The summed E-state index contributed by atoms with van der Waals surface area (Å²) in [6.07, 6.45) is 0.739. The highest BCUT2D eigenvalue weighted by atomic mass is 35.5. The summed E-state index contributed by atoms with van der Waals surface area (Å²) >= 11 is 5.81. The van der Waals surface area contributed by atoms with Crippen molar-refractivity contribution in [1.29, 1.82) is 0 Å². The lowest BCUT2D eigenvalue weighted by atomic mass is 10.1. The molecule has 1 aliphatic heterocycles. The number of para-hydroxylation sites is 1. The molecule has 6 heteroatoms. The van der Waals surface area contributed by atoms with Gasteiger partial charge in [-0.1, -0.05) is 29.8 Å². The first kappa shape index (κ1) is 14.5. The van der Waals surface area contributed by atoms with Gasteiger partial charge in [0.15, 0.2) is 0 Å². The lowest BCUT2D eigenvalue weighted by Gasteiger charge is -2.22. The third kappa shape index (κ3) is 2.33. The summed E-state index contributed by atoms with van der Waals surface area (Å²) in [5.41, 5.74) is 1.66. The predicted molar refractivity (Wildman–Crippen MR) is 84.5 cm³/mol. The highest BCUT2D eigenvalue weighted by Crippen LogP contribution is 2.35. The Hall–Kier alpha value is -2.40. The number of hydrogen-bond acceptors (Lipinski definition) is 3. The molecule has 0 spiro atoms. The molecule has 0 saturated heterocycles. The maximum Gasteiger partial charge on any atom is 0.283 e. The third-order valence-electron chi connectivity index (χ3n) is 3.81. The molecule has 0 unspecified atom stereocenters. The van der Waals surface area contributed by atoms with Crippen molar-refractivity contribution in [3.05, 3.63) is 68.7 Å². The Bertz CT molecular complexity index is 776. The number of benzene rings is 2. The number of nitro groups is 1. The number of hydrogen-bond donors (Lipinski definition) is 0. The molecule has 1 atom stereocenters. The van der Waals surface area contributed by atoms with Crippen LogP contribution in [-0.4, -0.2) is 16.9 Å². The SMILES string of the molecule is C[C@@H]1Cc2ccccc2N1C(=O)c1ccc(Cl)cc1[N+](=O)[O-]. The summed E-state index contributed by atoms with van der Waals surface area (Å²) in [4.78, 5) is 25.1. The summed E-state index contributed by atoms with van der Waals surface area (Å²) < 4.78 is 0. The average Bonchev–Trinajstić information content (AvgIpc) is 2.82. The molecule has 112 valence electrons. The zero-order valence-corrected chi connectivity index (χ0v) is 12.6.